The summed E-state index contributed by atoms with van der Waals surface area (Å²) < 4.78 is 18.2. The number of nitrogens with two attached hydrogens (primary N) is 1. The quantitative estimate of drug-likeness (QED) is 0.344. The second-order valence-corrected chi connectivity index (χ2v) is 5.64. The van der Waals surface area contributed by atoms with Crippen molar-refractivity contribution in [2.75, 3.05) is 18.9 Å². The predicted molar refractivity (Wildman–Crippen MR) is 95.3 cm³/mol. The number of likely N-dealkylation sites (N-methyl/N-ethyl adjacent to an activating group) is 1. The molecule has 0 heterocycles. The third-order valence-corrected chi connectivity index (χ3v) is 3.79. The second kappa shape index (κ2) is 8.75. The van der Waals surface area contributed by atoms with Crippen molar-refractivity contribution < 1.29 is 23.6 Å². The number of halogens is 1. The average molecular weight is 375 g/mol. The highest BCUT2D eigenvalue weighted by Crippen LogP contribution is 2.20. The molecule has 2 rings (SSSR count). The van der Waals surface area contributed by atoms with E-state index in [-0.39, 0.29) is 23.5 Å². The lowest BCUT2D eigenvalue weighted by Gasteiger charge is -2.21. The zero-order valence-corrected chi connectivity index (χ0v) is 14.6. The number of carbonyl (C=O) groups is 2. The monoisotopic (exact) mass is 375 g/mol. The van der Waals surface area contributed by atoms with E-state index < -0.39 is 29.2 Å². The number of rotatable bonds is 7. The zero-order valence-electron chi connectivity index (χ0n) is 14.6. The van der Waals surface area contributed by atoms with Crippen LogP contribution in [0.4, 0.5) is 15.8 Å². The standard InChI is InChI=1S/C18H18FN3O5/c1-2-21(10-12-4-3-5-13(19)8-12)17(23)11-27-18(24)15-9-14(22(25)26)6-7-16(15)20/h3-9H,2,10-11,20H2,1H3. The highest BCUT2D eigenvalue weighted by Gasteiger charge is 2.19. The molecule has 0 aliphatic carbocycles. The summed E-state index contributed by atoms with van der Waals surface area (Å²) >= 11 is 0. The van der Waals surface area contributed by atoms with Crippen LogP contribution in [0.15, 0.2) is 42.5 Å². The van der Waals surface area contributed by atoms with Gasteiger partial charge in [-0.3, -0.25) is 14.9 Å². The number of esters is 1. The highest BCUT2D eigenvalue weighted by molar-refractivity contribution is 5.97. The van der Waals surface area contributed by atoms with Gasteiger partial charge in [-0.15, -0.1) is 0 Å². The topological polar surface area (TPSA) is 116 Å². The van der Waals surface area contributed by atoms with Crippen LogP contribution in [0.2, 0.25) is 0 Å². The fourth-order valence-electron chi connectivity index (χ4n) is 2.36. The number of benzene rings is 2. The molecule has 0 aromatic heterocycles. The van der Waals surface area contributed by atoms with Crippen LogP contribution >= 0.6 is 0 Å². The van der Waals surface area contributed by atoms with Gasteiger partial charge in [0.05, 0.1) is 10.5 Å². The van der Waals surface area contributed by atoms with Crippen LogP contribution in [0.25, 0.3) is 0 Å². The van der Waals surface area contributed by atoms with Crippen LogP contribution in [-0.2, 0) is 16.1 Å². The van der Waals surface area contributed by atoms with E-state index in [1.54, 1.807) is 13.0 Å². The Hall–Kier alpha value is -3.49. The number of anilines is 1. The normalized spacial score (nSPS) is 10.3. The molecule has 0 fully saturated rings. The number of nitrogen functional groups attached to an aromatic ring is 1. The third kappa shape index (κ3) is 5.24. The molecule has 0 aliphatic rings. The van der Waals surface area contributed by atoms with Gasteiger partial charge < -0.3 is 15.4 Å². The zero-order chi connectivity index (χ0) is 20.0. The molecule has 0 atom stereocenters. The van der Waals surface area contributed by atoms with E-state index in [0.29, 0.717) is 12.1 Å². The number of nitro benzene ring substituents is 1. The first-order chi connectivity index (χ1) is 12.8. The SMILES string of the molecule is CCN(Cc1cccc(F)c1)C(=O)COC(=O)c1cc([N+](=O)[O-])ccc1N. The Bertz CT molecular complexity index is 872. The number of ether oxygens (including phenoxy) is 1. The van der Waals surface area contributed by atoms with Crippen molar-refractivity contribution >= 4 is 23.3 Å². The summed E-state index contributed by atoms with van der Waals surface area (Å²) in [6.07, 6.45) is 0. The Kier molecular flexibility index (Phi) is 6.42. The minimum Gasteiger partial charge on any atom is -0.452 e. The summed E-state index contributed by atoms with van der Waals surface area (Å²) in [7, 11) is 0. The number of hydrogen-bond acceptors (Lipinski definition) is 6. The van der Waals surface area contributed by atoms with E-state index in [1.165, 1.54) is 29.2 Å². The van der Waals surface area contributed by atoms with E-state index in [2.05, 4.69) is 0 Å². The Morgan fingerprint density at radius 2 is 2.00 bits per heavy atom. The molecule has 27 heavy (non-hydrogen) atoms. The van der Waals surface area contributed by atoms with E-state index in [1.807, 2.05) is 0 Å². The number of carbonyl (C=O) groups excluding carboxylic acids is 2. The van der Waals surface area contributed by atoms with E-state index in [4.69, 9.17) is 10.5 Å². The molecule has 0 radical (unpaired) electrons. The molecule has 0 unspecified atom stereocenters. The summed E-state index contributed by atoms with van der Waals surface area (Å²) in [4.78, 5) is 35.9. The molecular formula is C18H18FN3O5. The number of hydrogen-bond donors (Lipinski definition) is 1. The molecule has 9 heteroatoms. The first-order valence-corrected chi connectivity index (χ1v) is 8.05. The maximum absolute atomic E-state index is 13.3. The smallest absolute Gasteiger partial charge is 0.341 e. The second-order valence-electron chi connectivity index (χ2n) is 5.64. The molecule has 0 aliphatic heterocycles. The lowest BCUT2D eigenvalue weighted by atomic mass is 10.1. The highest BCUT2D eigenvalue weighted by atomic mass is 19.1. The predicted octanol–water partition coefficient (Wildman–Crippen LogP) is 2.52. The Morgan fingerprint density at radius 3 is 2.63 bits per heavy atom. The Morgan fingerprint density at radius 1 is 1.26 bits per heavy atom. The summed E-state index contributed by atoms with van der Waals surface area (Å²) in [5.41, 5.74) is 5.74. The van der Waals surface area contributed by atoms with Gasteiger partial charge in [-0.05, 0) is 30.7 Å². The van der Waals surface area contributed by atoms with Crippen LogP contribution in [0, 0.1) is 15.9 Å². The van der Waals surface area contributed by atoms with Gasteiger partial charge in [-0.25, -0.2) is 9.18 Å². The molecule has 2 aromatic carbocycles. The minimum absolute atomic E-state index is 0.00478. The Labute approximate surface area is 154 Å². The number of amides is 1. The van der Waals surface area contributed by atoms with Crippen molar-refractivity contribution in [1.82, 2.24) is 4.90 Å². The molecule has 2 N–H and O–H groups in total. The van der Waals surface area contributed by atoms with Gasteiger partial charge in [0.25, 0.3) is 11.6 Å². The van der Waals surface area contributed by atoms with Crippen molar-refractivity contribution in [2.24, 2.45) is 0 Å². The van der Waals surface area contributed by atoms with Crippen LogP contribution in [-0.4, -0.2) is 34.9 Å². The van der Waals surface area contributed by atoms with Crippen molar-refractivity contribution in [1.29, 1.82) is 0 Å². The lowest BCUT2D eigenvalue weighted by Crippen LogP contribution is -2.34. The van der Waals surface area contributed by atoms with Crippen LogP contribution in [0.1, 0.15) is 22.8 Å². The fraction of sp³-hybridized carbons (Fsp3) is 0.222. The molecule has 0 saturated heterocycles. The van der Waals surface area contributed by atoms with Gasteiger partial charge in [0.2, 0.25) is 0 Å². The molecule has 0 saturated carbocycles. The molecule has 0 spiro atoms. The van der Waals surface area contributed by atoms with E-state index >= 15 is 0 Å². The van der Waals surface area contributed by atoms with Gasteiger partial charge in [0.15, 0.2) is 6.61 Å². The lowest BCUT2D eigenvalue weighted by molar-refractivity contribution is -0.384. The van der Waals surface area contributed by atoms with Crippen molar-refractivity contribution in [3.63, 3.8) is 0 Å². The number of nitro groups is 1. The van der Waals surface area contributed by atoms with Crippen molar-refractivity contribution in [3.05, 3.63) is 69.5 Å². The first-order valence-electron chi connectivity index (χ1n) is 8.05. The third-order valence-electron chi connectivity index (χ3n) is 3.79. The Balaban J connectivity index is 2.02. The first kappa shape index (κ1) is 19.8. The van der Waals surface area contributed by atoms with Crippen LogP contribution in [0.3, 0.4) is 0 Å². The maximum Gasteiger partial charge on any atom is 0.341 e. The van der Waals surface area contributed by atoms with Gasteiger partial charge in [-0.1, -0.05) is 12.1 Å². The minimum atomic E-state index is -0.939. The van der Waals surface area contributed by atoms with E-state index in [9.17, 15) is 24.1 Å². The van der Waals surface area contributed by atoms with Crippen LogP contribution < -0.4 is 5.73 Å². The number of non-ortho nitro benzene ring substituents is 1. The number of nitrogens with zero attached hydrogens (tertiary/aromatic N) is 2. The summed E-state index contributed by atoms with van der Waals surface area (Å²) in [5, 5.41) is 10.8. The van der Waals surface area contributed by atoms with Gasteiger partial charge >= 0.3 is 5.97 Å². The van der Waals surface area contributed by atoms with Gasteiger partial charge in [0.1, 0.15) is 5.82 Å². The molecule has 2 aromatic rings. The summed E-state index contributed by atoms with van der Waals surface area (Å²) in [5.74, 6) is -1.84. The average Bonchev–Trinajstić information content (AvgIpc) is 2.64. The summed E-state index contributed by atoms with van der Waals surface area (Å²) in [6, 6.07) is 9.20. The summed E-state index contributed by atoms with van der Waals surface area (Å²) in [6.45, 7) is 1.65. The molecule has 142 valence electrons. The molecule has 0 bridgehead atoms. The fourth-order valence-corrected chi connectivity index (χ4v) is 2.36. The largest absolute Gasteiger partial charge is 0.452 e. The van der Waals surface area contributed by atoms with E-state index in [0.717, 1.165) is 12.1 Å². The molecular weight excluding hydrogens is 357 g/mol. The maximum atomic E-state index is 13.3. The molecule has 1 amide bonds. The van der Waals surface area contributed by atoms with Gasteiger partial charge in [0, 0.05) is 30.9 Å². The van der Waals surface area contributed by atoms with Crippen molar-refractivity contribution in [3.8, 4) is 0 Å². The van der Waals surface area contributed by atoms with Crippen LogP contribution in [0.5, 0.6) is 0 Å². The van der Waals surface area contributed by atoms with Gasteiger partial charge in [-0.2, -0.15) is 0 Å². The molecule has 8 nitrogen and oxygen atoms in total. The van der Waals surface area contributed by atoms with Crippen molar-refractivity contribution in [2.45, 2.75) is 13.5 Å².